The molecule has 0 amide bonds. The van der Waals surface area contributed by atoms with Crippen LogP contribution in [0.5, 0.6) is 0 Å². The monoisotopic (exact) mass is 384 g/mol. The van der Waals surface area contributed by atoms with E-state index in [9.17, 15) is 57.5 Å². The molecule has 1 aliphatic rings. The Balaban J connectivity index is 3.62. The van der Waals surface area contributed by atoms with Gasteiger partial charge in [-0.25, -0.2) is 0 Å². The Bertz CT molecular complexity index is 516. The highest BCUT2D eigenvalue weighted by molar-refractivity contribution is 5.77. The topological polar surface area (TPSA) is 37.3 Å². The van der Waals surface area contributed by atoms with Crippen LogP contribution in [0, 0.1) is 17.3 Å². The van der Waals surface area contributed by atoms with E-state index >= 15 is 0 Å². The molecule has 0 aromatic carbocycles. The number of alkyl halides is 12. The highest BCUT2D eigenvalue weighted by Gasteiger charge is 2.91. The number of carbonyl (C=O) groups is 1. The Morgan fingerprint density at radius 3 is 1.29 bits per heavy atom. The third kappa shape index (κ3) is 3.01. The van der Waals surface area contributed by atoms with Gasteiger partial charge in [-0.15, -0.1) is 0 Å². The zero-order valence-corrected chi connectivity index (χ0v) is 10.6. The predicted octanol–water partition coefficient (Wildman–Crippen LogP) is 4.48. The van der Waals surface area contributed by atoms with E-state index in [1.54, 1.807) is 0 Å². The number of allylic oxidation sites excluding steroid dienone is 2. The van der Waals surface area contributed by atoms with E-state index in [-0.39, 0.29) is 0 Å². The van der Waals surface area contributed by atoms with Crippen LogP contribution in [0.15, 0.2) is 11.6 Å². The summed E-state index contributed by atoms with van der Waals surface area (Å²) in [7, 11) is 0. The van der Waals surface area contributed by atoms with Gasteiger partial charge in [0.05, 0.1) is 5.92 Å². The van der Waals surface area contributed by atoms with Crippen LogP contribution >= 0.6 is 0 Å². The van der Waals surface area contributed by atoms with Gasteiger partial charge in [0.2, 0.25) is 0 Å². The molecule has 0 aromatic heterocycles. The summed E-state index contributed by atoms with van der Waals surface area (Å²) in [5.41, 5.74) is -8.87. The fourth-order valence-electron chi connectivity index (χ4n) is 2.41. The molecule has 0 radical (unpaired) electrons. The Morgan fingerprint density at radius 2 is 1.12 bits per heavy atom. The number of aliphatic carboxylic acids is 1. The van der Waals surface area contributed by atoms with E-state index in [0.717, 1.165) is 0 Å². The molecule has 0 aliphatic heterocycles. The van der Waals surface area contributed by atoms with Crippen molar-refractivity contribution < 1.29 is 62.6 Å². The van der Waals surface area contributed by atoms with Crippen LogP contribution < -0.4 is 0 Å². The summed E-state index contributed by atoms with van der Waals surface area (Å²) in [6.45, 7) is 0. The van der Waals surface area contributed by atoms with E-state index in [1.807, 2.05) is 0 Å². The van der Waals surface area contributed by atoms with Crippen LogP contribution in [0.2, 0.25) is 0 Å². The average molecular weight is 384 g/mol. The second kappa shape index (κ2) is 5.18. The van der Waals surface area contributed by atoms with Gasteiger partial charge < -0.3 is 5.11 Å². The molecule has 0 bridgehead atoms. The third-order valence-electron chi connectivity index (χ3n) is 3.43. The van der Waals surface area contributed by atoms with Crippen molar-refractivity contribution in [3.05, 3.63) is 11.6 Å². The molecule has 2 nitrogen and oxygen atoms in total. The number of carboxylic acids is 1. The van der Waals surface area contributed by atoms with Crippen molar-refractivity contribution >= 4 is 5.97 Å². The number of carboxylic acid groups (broad SMARTS) is 1. The first-order valence-electron chi connectivity index (χ1n) is 5.52. The maximum absolute atomic E-state index is 12.7. The lowest BCUT2D eigenvalue weighted by atomic mass is 9.99. The average Bonchev–Trinajstić information content (AvgIpc) is 2.91. The van der Waals surface area contributed by atoms with Gasteiger partial charge in [0, 0.05) is 5.92 Å². The molecular weight excluding hydrogens is 380 g/mol. The maximum atomic E-state index is 12.7. The summed E-state index contributed by atoms with van der Waals surface area (Å²) in [5, 5.41) is 8.41. The zero-order valence-electron chi connectivity index (χ0n) is 10.6. The van der Waals surface area contributed by atoms with Gasteiger partial charge in [0.25, 0.3) is 0 Å². The number of hydrogen-bond acceptors (Lipinski definition) is 1. The molecule has 1 fully saturated rings. The van der Waals surface area contributed by atoms with Crippen molar-refractivity contribution in [2.45, 2.75) is 24.7 Å². The van der Waals surface area contributed by atoms with Crippen molar-refractivity contribution in [3.8, 4) is 0 Å². The van der Waals surface area contributed by atoms with Crippen LogP contribution in [0.25, 0.3) is 0 Å². The zero-order chi connectivity index (χ0) is 19.5. The van der Waals surface area contributed by atoms with E-state index in [2.05, 4.69) is 0 Å². The summed E-state index contributed by atoms with van der Waals surface area (Å²) in [6.07, 6.45) is -26.9. The van der Waals surface area contributed by atoms with Crippen molar-refractivity contribution in [1.29, 1.82) is 0 Å². The maximum Gasteiger partial charge on any atom is 0.421 e. The molecule has 0 aromatic rings. The van der Waals surface area contributed by atoms with Crippen LogP contribution in [-0.4, -0.2) is 35.8 Å². The van der Waals surface area contributed by atoms with Gasteiger partial charge in [-0.3, -0.25) is 4.79 Å². The highest BCUT2D eigenvalue weighted by atomic mass is 19.4. The van der Waals surface area contributed by atoms with Crippen LogP contribution in [0.4, 0.5) is 52.7 Å². The summed E-state index contributed by atoms with van der Waals surface area (Å²) in [6, 6.07) is 0. The quantitative estimate of drug-likeness (QED) is 0.563. The minimum atomic E-state index is -6.43. The Hall–Kier alpha value is -1.63. The summed E-state index contributed by atoms with van der Waals surface area (Å²) < 4.78 is 150. The van der Waals surface area contributed by atoms with E-state index in [0.29, 0.717) is 0 Å². The molecule has 1 saturated carbocycles. The molecule has 1 aliphatic carbocycles. The van der Waals surface area contributed by atoms with Crippen molar-refractivity contribution in [1.82, 2.24) is 0 Å². The normalized spacial score (nSPS) is 24.5. The molecular formula is C10H4F12O2. The van der Waals surface area contributed by atoms with Crippen LogP contribution in [-0.2, 0) is 4.79 Å². The van der Waals surface area contributed by atoms with Gasteiger partial charge in [-0.2, -0.15) is 52.7 Å². The van der Waals surface area contributed by atoms with E-state index in [1.165, 1.54) is 0 Å². The van der Waals surface area contributed by atoms with Gasteiger partial charge >= 0.3 is 30.7 Å². The molecule has 140 valence electrons. The minimum Gasteiger partial charge on any atom is -0.481 e. The van der Waals surface area contributed by atoms with Crippen molar-refractivity contribution in [2.75, 3.05) is 0 Å². The predicted molar refractivity (Wildman–Crippen MR) is 49.4 cm³/mol. The molecule has 24 heavy (non-hydrogen) atoms. The molecule has 2 unspecified atom stereocenters. The molecule has 0 saturated heterocycles. The first kappa shape index (κ1) is 20.4. The molecule has 14 heteroatoms. The number of rotatable bonds is 2. The van der Waals surface area contributed by atoms with E-state index < -0.39 is 59.6 Å². The standard InChI is InChI=1S/C10H4F12O2/c11-7(12,13)3(8(14,15)16)1-2-4(5(23)24)6(2,9(17,18)19)10(20,21)22/h1-2,4H,(H,23,24). The Morgan fingerprint density at radius 1 is 0.792 bits per heavy atom. The fourth-order valence-corrected chi connectivity index (χ4v) is 2.41. The lowest BCUT2D eigenvalue weighted by Crippen LogP contribution is -2.42. The molecule has 1 N–H and O–H groups in total. The van der Waals surface area contributed by atoms with Gasteiger partial charge in [-0.1, -0.05) is 6.08 Å². The summed E-state index contributed by atoms with van der Waals surface area (Å²) >= 11 is 0. The molecule has 2 atom stereocenters. The Labute approximate surface area is 123 Å². The second-order valence-corrected chi connectivity index (χ2v) is 4.78. The van der Waals surface area contributed by atoms with Gasteiger partial charge in [0.15, 0.2) is 5.41 Å². The van der Waals surface area contributed by atoms with E-state index in [4.69, 9.17) is 5.11 Å². The van der Waals surface area contributed by atoms with Crippen molar-refractivity contribution in [3.63, 3.8) is 0 Å². The molecule has 1 rings (SSSR count). The minimum absolute atomic E-state index is 1.36. The Kier molecular flexibility index (Phi) is 4.41. The van der Waals surface area contributed by atoms with Crippen molar-refractivity contribution in [2.24, 2.45) is 17.3 Å². The fraction of sp³-hybridized carbons (Fsp3) is 0.700. The van der Waals surface area contributed by atoms with Gasteiger partial charge in [-0.05, 0) is 0 Å². The lowest BCUT2D eigenvalue weighted by molar-refractivity contribution is -0.308. The molecule has 0 heterocycles. The highest BCUT2D eigenvalue weighted by Crippen LogP contribution is 2.75. The largest absolute Gasteiger partial charge is 0.481 e. The number of hydrogen-bond donors (Lipinski definition) is 1. The number of halogens is 12. The smallest absolute Gasteiger partial charge is 0.421 e. The molecule has 0 spiro atoms. The first-order chi connectivity index (χ1) is 10.3. The summed E-state index contributed by atoms with van der Waals surface area (Å²) in [4.78, 5) is 10.6. The third-order valence-corrected chi connectivity index (χ3v) is 3.43. The van der Waals surface area contributed by atoms with Gasteiger partial charge in [0.1, 0.15) is 5.57 Å². The second-order valence-electron chi connectivity index (χ2n) is 4.78. The first-order valence-corrected chi connectivity index (χ1v) is 5.52. The van der Waals surface area contributed by atoms with Crippen LogP contribution in [0.3, 0.4) is 0 Å². The SMILES string of the molecule is O=C(O)C1C(C=C(C(F)(F)F)C(F)(F)F)C1(C(F)(F)F)C(F)(F)F. The van der Waals surface area contributed by atoms with Crippen LogP contribution in [0.1, 0.15) is 0 Å². The summed E-state index contributed by atoms with van der Waals surface area (Å²) in [5.74, 6) is -9.99. The lowest BCUT2D eigenvalue weighted by Gasteiger charge is -2.24.